The summed E-state index contributed by atoms with van der Waals surface area (Å²) in [5.74, 6) is 0.0601. The smallest absolute Gasteiger partial charge is 0.326 e. The minimum Gasteiger partial charge on any atom is -0.364 e. The molecule has 5 heteroatoms. The highest BCUT2D eigenvalue weighted by atomic mass is 16.2. The number of nitrogens with zero attached hydrogens (tertiary/aromatic N) is 1. The Morgan fingerprint density at radius 3 is 2.48 bits per heavy atom. The van der Waals surface area contributed by atoms with Crippen LogP contribution in [0.25, 0.3) is 6.08 Å². The molecular weight excluding hydrogens is 314 g/mol. The third kappa shape index (κ3) is 3.03. The largest absolute Gasteiger partial charge is 0.364 e. The summed E-state index contributed by atoms with van der Waals surface area (Å²) in [5.41, 5.74) is 5.05. The highest BCUT2D eigenvalue weighted by Crippen LogP contribution is 2.45. The van der Waals surface area contributed by atoms with Crippen LogP contribution in [-0.2, 0) is 4.79 Å². The summed E-state index contributed by atoms with van der Waals surface area (Å²) in [5, 5.41) is 4.81. The van der Waals surface area contributed by atoms with E-state index in [0.717, 1.165) is 17.5 Å². The molecule has 2 N–H and O–H groups in total. The molecule has 3 rings (SSSR count). The number of rotatable bonds is 2. The molecule has 1 aromatic carbocycles. The van der Waals surface area contributed by atoms with Gasteiger partial charge in [-0.3, -0.25) is 10.1 Å². The van der Waals surface area contributed by atoms with Crippen molar-refractivity contribution in [3.05, 3.63) is 34.5 Å². The fourth-order valence-corrected chi connectivity index (χ4v) is 4.38. The summed E-state index contributed by atoms with van der Waals surface area (Å²) >= 11 is 0. The SMILES string of the molecule is Cc1cc2c(cc1/C=C1/NC(=O)NC1=O)[C@@H](C)CC(C)(C)N2C(C)C. The summed E-state index contributed by atoms with van der Waals surface area (Å²) in [6.07, 6.45) is 2.84. The third-order valence-corrected chi connectivity index (χ3v) is 5.20. The maximum absolute atomic E-state index is 11.8. The van der Waals surface area contributed by atoms with Gasteiger partial charge in [0.25, 0.3) is 5.91 Å². The minimum atomic E-state index is -0.465. The summed E-state index contributed by atoms with van der Waals surface area (Å²) < 4.78 is 0. The van der Waals surface area contributed by atoms with Gasteiger partial charge >= 0.3 is 6.03 Å². The van der Waals surface area contributed by atoms with Crippen LogP contribution in [0.1, 0.15) is 63.6 Å². The molecule has 0 saturated carbocycles. The first-order valence-electron chi connectivity index (χ1n) is 8.88. The Morgan fingerprint density at radius 2 is 1.92 bits per heavy atom. The number of hydrogen-bond donors (Lipinski definition) is 2. The van der Waals surface area contributed by atoms with E-state index in [-0.39, 0.29) is 11.4 Å². The Balaban J connectivity index is 2.10. The van der Waals surface area contributed by atoms with Crippen molar-refractivity contribution in [2.75, 3.05) is 4.90 Å². The molecule has 5 nitrogen and oxygen atoms in total. The maximum Gasteiger partial charge on any atom is 0.326 e. The van der Waals surface area contributed by atoms with Gasteiger partial charge in [-0.05, 0) is 81.9 Å². The predicted octanol–water partition coefficient (Wildman–Crippen LogP) is 3.68. The number of hydrogen-bond acceptors (Lipinski definition) is 3. The number of benzene rings is 1. The number of amides is 3. The lowest BCUT2D eigenvalue weighted by Gasteiger charge is -2.50. The predicted molar refractivity (Wildman–Crippen MR) is 101 cm³/mol. The number of imide groups is 1. The highest BCUT2D eigenvalue weighted by Gasteiger charge is 2.38. The van der Waals surface area contributed by atoms with E-state index in [4.69, 9.17) is 0 Å². The van der Waals surface area contributed by atoms with Gasteiger partial charge in [0.05, 0.1) is 0 Å². The van der Waals surface area contributed by atoms with Gasteiger partial charge in [0.2, 0.25) is 0 Å². The topological polar surface area (TPSA) is 61.4 Å². The average Bonchev–Trinajstić information content (AvgIpc) is 2.77. The van der Waals surface area contributed by atoms with Crippen LogP contribution < -0.4 is 15.5 Å². The van der Waals surface area contributed by atoms with E-state index < -0.39 is 6.03 Å². The molecule has 0 spiro atoms. The van der Waals surface area contributed by atoms with Gasteiger partial charge in [-0.1, -0.05) is 6.92 Å². The quantitative estimate of drug-likeness (QED) is 0.637. The Labute approximate surface area is 149 Å². The highest BCUT2D eigenvalue weighted by molar-refractivity contribution is 6.14. The molecule has 0 aliphatic carbocycles. The van der Waals surface area contributed by atoms with Crippen LogP contribution in [0.5, 0.6) is 0 Å². The van der Waals surface area contributed by atoms with Crippen molar-refractivity contribution >= 4 is 23.7 Å². The number of urea groups is 1. The summed E-state index contributed by atoms with van der Waals surface area (Å²) in [4.78, 5) is 25.6. The Bertz CT molecular complexity index is 777. The fraction of sp³-hybridized carbons (Fsp3) is 0.500. The summed E-state index contributed by atoms with van der Waals surface area (Å²) in [7, 11) is 0. The minimum absolute atomic E-state index is 0.103. The number of aryl methyl sites for hydroxylation is 1. The molecule has 1 aromatic rings. The van der Waals surface area contributed by atoms with Crippen molar-refractivity contribution in [1.82, 2.24) is 10.6 Å². The lowest BCUT2D eigenvalue weighted by atomic mass is 9.78. The first kappa shape index (κ1) is 17.5. The first-order valence-corrected chi connectivity index (χ1v) is 8.88. The summed E-state index contributed by atoms with van der Waals surface area (Å²) in [6.45, 7) is 13.4. The molecule has 0 bridgehead atoms. The zero-order valence-electron chi connectivity index (χ0n) is 15.9. The third-order valence-electron chi connectivity index (χ3n) is 5.20. The van der Waals surface area contributed by atoms with Gasteiger partial charge in [-0.2, -0.15) is 0 Å². The van der Waals surface area contributed by atoms with Crippen molar-refractivity contribution < 1.29 is 9.59 Å². The molecule has 1 atom stereocenters. The van der Waals surface area contributed by atoms with E-state index >= 15 is 0 Å². The van der Waals surface area contributed by atoms with Gasteiger partial charge in [0, 0.05) is 17.3 Å². The second-order valence-electron chi connectivity index (χ2n) is 8.12. The van der Waals surface area contributed by atoms with Crippen LogP contribution in [0.3, 0.4) is 0 Å². The van der Waals surface area contributed by atoms with Gasteiger partial charge in [0.15, 0.2) is 0 Å². The molecule has 0 aromatic heterocycles. The normalized spacial score (nSPS) is 23.7. The van der Waals surface area contributed by atoms with Crippen LogP contribution >= 0.6 is 0 Å². The van der Waals surface area contributed by atoms with E-state index in [1.165, 1.54) is 11.3 Å². The zero-order chi connectivity index (χ0) is 18.5. The fourth-order valence-electron chi connectivity index (χ4n) is 4.38. The van der Waals surface area contributed by atoms with Gasteiger partial charge in [0.1, 0.15) is 5.70 Å². The van der Waals surface area contributed by atoms with Gasteiger partial charge in [-0.15, -0.1) is 0 Å². The molecular formula is C20H27N3O2. The van der Waals surface area contributed by atoms with E-state index in [1.807, 2.05) is 6.92 Å². The lowest BCUT2D eigenvalue weighted by molar-refractivity contribution is -0.115. The lowest BCUT2D eigenvalue weighted by Crippen LogP contribution is -2.51. The van der Waals surface area contributed by atoms with E-state index in [1.54, 1.807) is 6.08 Å². The van der Waals surface area contributed by atoms with Crippen LogP contribution in [0, 0.1) is 6.92 Å². The monoisotopic (exact) mass is 341 g/mol. The second kappa shape index (κ2) is 5.90. The molecule has 0 radical (unpaired) electrons. The second-order valence-corrected chi connectivity index (χ2v) is 8.12. The average molecular weight is 341 g/mol. The molecule has 2 aliphatic rings. The van der Waals surface area contributed by atoms with Gasteiger partial charge < -0.3 is 10.2 Å². The Hall–Kier alpha value is -2.30. The molecule has 134 valence electrons. The van der Waals surface area contributed by atoms with Crippen molar-refractivity contribution in [3.8, 4) is 0 Å². The van der Waals surface area contributed by atoms with Crippen molar-refractivity contribution in [1.29, 1.82) is 0 Å². The van der Waals surface area contributed by atoms with E-state index in [9.17, 15) is 9.59 Å². The molecule has 1 saturated heterocycles. The standard InChI is InChI=1S/C20H27N3O2/c1-11(2)23-17-7-12(3)14(9-16-18(24)22-19(25)21-16)8-15(17)13(4)10-20(23,5)6/h7-9,11,13H,10H2,1-6H3,(H2,21,22,24,25)/b16-9+/t13-/m0/s1. The molecule has 2 aliphatic heterocycles. The van der Waals surface area contributed by atoms with Crippen molar-refractivity contribution in [3.63, 3.8) is 0 Å². The Morgan fingerprint density at radius 1 is 1.24 bits per heavy atom. The number of carbonyl (C=O) groups excluding carboxylic acids is 2. The van der Waals surface area contributed by atoms with Crippen LogP contribution in [0.15, 0.2) is 17.8 Å². The van der Waals surface area contributed by atoms with Crippen molar-refractivity contribution in [2.24, 2.45) is 0 Å². The number of fused-ring (bicyclic) bond motifs is 1. The number of carbonyl (C=O) groups is 2. The van der Waals surface area contributed by atoms with Crippen LogP contribution in [-0.4, -0.2) is 23.5 Å². The number of nitrogens with one attached hydrogen (secondary N) is 2. The molecule has 2 heterocycles. The number of anilines is 1. The van der Waals surface area contributed by atoms with Crippen LogP contribution in [0.2, 0.25) is 0 Å². The molecule has 3 amide bonds. The summed E-state index contributed by atoms with van der Waals surface area (Å²) in [6, 6.07) is 4.33. The molecule has 1 fully saturated rings. The first-order chi connectivity index (χ1) is 11.6. The zero-order valence-corrected chi connectivity index (χ0v) is 15.9. The maximum atomic E-state index is 11.8. The van der Waals surface area contributed by atoms with Crippen molar-refractivity contribution in [2.45, 2.75) is 65.5 Å². The van der Waals surface area contributed by atoms with E-state index in [0.29, 0.717) is 17.7 Å². The molecule has 0 unspecified atom stereocenters. The van der Waals surface area contributed by atoms with E-state index in [2.05, 4.69) is 62.3 Å². The molecule has 25 heavy (non-hydrogen) atoms. The Kier molecular flexibility index (Phi) is 4.13. The van der Waals surface area contributed by atoms with Gasteiger partial charge in [-0.25, -0.2) is 4.79 Å². The van der Waals surface area contributed by atoms with Crippen LogP contribution in [0.4, 0.5) is 10.5 Å².